The summed E-state index contributed by atoms with van der Waals surface area (Å²) >= 11 is 0. The number of carboxylic acid groups (broad SMARTS) is 1. The molecule has 0 aromatic heterocycles. The van der Waals surface area contributed by atoms with E-state index in [0.717, 1.165) is 25.8 Å². The van der Waals surface area contributed by atoms with Gasteiger partial charge in [0, 0.05) is 19.5 Å². The number of hydrogen-bond donors (Lipinski definition) is 1. The summed E-state index contributed by atoms with van der Waals surface area (Å²) in [6, 6.07) is 0. The molecule has 0 aromatic carbocycles. The van der Waals surface area contributed by atoms with Crippen LogP contribution in [0.15, 0.2) is 0 Å². The van der Waals surface area contributed by atoms with Crippen molar-refractivity contribution in [3.05, 3.63) is 0 Å². The highest BCUT2D eigenvalue weighted by atomic mass is 16.4. The summed E-state index contributed by atoms with van der Waals surface area (Å²) in [6.07, 6.45) is 6.32. The third-order valence-electron chi connectivity index (χ3n) is 4.75. The van der Waals surface area contributed by atoms with Crippen molar-refractivity contribution in [1.82, 2.24) is 4.90 Å². The molecule has 2 aliphatic rings. The second-order valence-corrected chi connectivity index (χ2v) is 5.86. The number of carbonyl (C=O) groups excluding carboxylic acids is 1. The number of amides is 1. The second kappa shape index (κ2) is 5.29. The molecule has 2 fully saturated rings. The SMILES string of the molecule is CCC1(C(=O)O)CCCN(C(=O)CC2CCC2)C1. The number of nitrogens with zero attached hydrogens (tertiary/aromatic N) is 1. The minimum atomic E-state index is -0.744. The zero-order chi connectivity index (χ0) is 13.2. The Kier molecular flexibility index (Phi) is 3.93. The van der Waals surface area contributed by atoms with Crippen molar-refractivity contribution in [2.75, 3.05) is 13.1 Å². The van der Waals surface area contributed by atoms with Crippen molar-refractivity contribution in [2.45, 2.75) is 51.9 Å². The molecule has 1 aliphatic carbocycles. The largest absolute Gasteiger partial charge is 0.481 e. The van der Waals surface area contributed by atoms with Crippen LogP contribution < -0.4 is 0 Å². The van der Waals surface area contributed by atoms with Crippen molar-refractivity contribution in [3.63, 3.8) is 0 Å². The molecule has 1 amide bonds. The lowest BCUT2D eigenvalue weighted by Gasteiger charge is -2.40. The Balaban J connectivity index is 1.96. The lowest BCUT2D eigenvalue weighted by Crippen LogP contribution is -2.50. The molecule has 1 saturated heterocycles. The predicted octanol–water partition coefficient (Wildman–Crippen LogP) is 2.28. The monoisotopic (exact) mass is 253 g/mol. The molecule has 18 heavy (non-hydrogen) atoms. The van der Waals surface area contributed by atoms with Crippen LogP contribution in [0.25, 0.3) is 0 Å². The first kappa shape index (κ1) is 13.4. The maximum atomic E-state index is 12.2. The molecule has 4 nitrogen and oxygen atoms in total. The smallest absolute Gasteiger partial charge is 0.311 e. The van der Waals surface area contributed by atoms with E-state index in [0.29, 0.717) is 31.7 Å². The number of rotatable bonds is 4. The van der Waals surface area contributed by atoms with Crippen LogP contribution in [0.5, 0.6) is 0 Å². The fourth-order valence-corrected chi connectivity index (χ4v) is 3.03. The van der Waals surface area contributed by atoms with Crippen LogP contribution in [0, 0.1) is 11.3 Å². The van der Waals surface area contributed by atoms with E-state index >= 15 is 0 Å². The van der Waals surface area contributed by atoms with Gasteiger partial charge in [-0.25, -0.2) is 0 Å². The molecule has 0 bridgehead atoms. The fourth-order valence-electron chi connectivity index (χ4n) is 3.03. The van der Waals surface area contributed by atoms with Crippen LogP contribution >= 0.6 is 0 Å². The van der Waals surface area contributed by atoms with Gasteiger partial charge in [-0.15, -0.1) is 0 Å². The average Bonchev–Trinajstić information content (AvgIpc) is 2.33. The quantitative estimate of drug-likeness (QED) is 0.836. The van der Waals surface area contributed by atoms with E-state index in [2.05, 4.69) is 0 Å². The Morgan fingerprint density at radius 3 is 2.56 bits per heavy atom. The Morgan fingerprint density at radius 2 is 2.06 bits per heavy atom. The van der Waals surface area contributed by atoms with Gasteiger partial charge >= 0.3 is 5.97 Å². The molecule has 4 heteroatoms. The first-order chi connectivity index (χ1) is 8.57. The van der Waals surface area contributed by atoms with Crippen molar-refractivity contribution in [3.8, 4) is 0 Å². The summed E-state index contributed by atoms with van der Waals surface area (Å²) < 4.78 is 0. The van der Waals surface area contributed by atoms with Crippen LogP contribution in [0.4, 0.5) is 0 Å². The first-order valence-corrected chi connectivity index (χ1v) is 7.08. The maximum Gasteiger partial charge on any atom is 0.311 e. The standard InChI is InChI=1S/C14H23NO3/c1-2-14(13(17)18)7-4-8-15(10-14)12(16)9-11-5-3-6-11/h11H,2-10H2,1H3,(H,17,18). The number of hydrogen-bond acceptors (Lipinski definition) is 2. The second-order valence-electron chi connectivity index (χ2n) is 5.86. The molecule has 2 rings (SSSR count). The lowest BCUT2D eigenvalue weighted by atomic mass is 9.77. The number of carboxylic acids is 1. The Hall–Kier alpha value is -1.06. The van der Waals surface area contributed by atoms with Crippen LogP contribution in [-0.4, -0.2) is 35.0 Å². The molecular formula is C14H23NO3. The molecule has 0 radical (unpaired) electrons. The van der Waals surface area contributed by atoms with Gasteiger partial charge in [-0.2, -0.15) is 0 Å². The van der Waals surface area contributed by atoms with Gasteiger partial charge in [0.2, 0.25) is 5.91 Å². The molecule has 102 valence electrons. The normalized spacial score (nSPS) is 28.8. The van der Waals surface area contributed by atoms with Crippen molar-refractivity contribution >= 4 is 11.9 Å². The highest BCUT2D eigenvalue weighted by Gasteiger charge is 2.42. The number of carbonyl (C=O) groups is 2. The molecule has 1 atom stereocenters. The highest BCUT2D eigenvalue weighted by molar-refractivity contribution is 5.80. The third-order valence-corrected chi connectivity index (χ3v) is 4.75. The van der Waals surface area contributed by atoms with Crippen molar-refractivity contribution in [1.29, 1.82) is 0 Å². The first-order valence-electron chi connectivity index (χ1n) is 7.08. The molecule has 0 aromatic rings. The van der Waals surface area contributed by atoms with Gasteiger partial charge in [0.15, 0.2) is 0 Å². The Bertz CT molecular complexity index is 338. The van der Waals surface area contributed by atoms with E-state index in [9.17, 15) is 14.7 Å². The van der Waals surface area contributed by atoms with E-state index in [1.165, 1.54) is 6.42 Å². The van der Waals surface area contributed by atoms with Gasteiger partial charge in [-0.05, 0) is 38.0 Å². The molecule has 1 aliphatic heterocycles. The molecule has 1 saturated carbocycles. The summed E-state index contributed by atoms with van der Waals surface area (Å²) in [5, 5.41) is 9.39. The molecule has 0 spiro atoms. The van der Waals surface area contributed by atoms with Crippen molar-refractivity contribution < 1.29 is 14.7 Å². The summed E-state index contributed by atoms with van der Waals surface area (Å²) in [6.45, 7) is 3.05. The third kappa shape index (κ3) is 2.52. The minimum absolute atomic E-state index is 0.165. The summed E-state index contributed by atoms with van der Waals surface area (Å²) in [5.41, 5.74) is -0.701. The van der Waals surface area contributed by atoms with Gasteiger partial charge in [-0.3, -0.25) is 9.59 Å². The number of piperidine rings is 1. The van der Waals surface area contributed by atoms with Crippen LogP contribution in [0.2, 0.25) is 0 Å². The predicted molar refractivity (Wildman–Crippen MR) is 68.1 cm³/mol. The molecule has 1 unspecified atom stereocenters. The Labute approximate surface area is 108 Å². The Morgan fingerprint density at radius 1 is 1.33 bits per heavy atom. The van der Waals surface area contributed by atoms with Crippen molar-refractivity contribution in [2.24, 2.45) is 11.3 Å². The highest BCUT2D eigenvalue weighted by Crippen LogP contribution is 2.35. The number of aliphatic carboxylic acids is 1. The number of likely N-dealkylation sites (tertiary alicyclic amines) is 1. The summed E-state index contributed by atoms with van der Waals surface area (Å²) in [5.74, 6) is -0.0232. The minimum Gasteiger partial charge on any atom is -0.481 e. The van der Waals surface area contributed by atoms with Crippen LogP contribution in [-0.2, 0) is 9.59 Å². The van der Waals surface area contributed by atoms with E-state index < -0.39 is 11.4 Å². The van der Waals surface area contributed by atoms with Gasteiger partial charge in [0.1, 0.15) is 0 Å². The average molecular weight is 253 g/mol. The molecule has 1 N–H and O–H groups in total. The zero-order valence-corrected chi connectivity index (χ0v) is 11.2. The van der Waals surface area contributed by atoms with Gasteiger partial charge in [0.25, 0.3) is 0 Å². The van der Waals surface area contributed by atoms with E-state index in [4.69, 9.17) is 0 Å². The summed E-state index contributed by atoms with van der Waals surface area (Å²) in [7, 11) is 0. The van der Waals surface area contributed by atoms with Crippen LogP contribution in [0.1, 0.15) is 51.9 Å². The zero-order valence-electron chi connectivity index (χ0n) is 11.2. The van der Waals surface area contributed by atoms with Gasteiger partial charge in [0.05, 0.1) is 5.41 Å². The topological polar surface area (TPSA) is 57.6 Å². The summed E-state index contributed by atoms with van der Waals surface area (Å²) in [4.78, 5) is 25.4. The molecule has 1 heterocycles. The lowest BCUT2D eigenvalue weighted by molar-refractivity contribution is -0.155. The van der Waals surface area contributed by atoms with Crippen LogP contribution in [0.3, 0.4) is 0 Å². The fraction of sp³-hybridized carbons (Fsp3) is 0.857. The van der Waals surface area contributed by atoms with Gasteiger partial charge in [-0.1, -0.05) is 13.3 Å². The maximum absolute atomic E-state index is 12.2. The van der Waals surface area contributed by atoms with E-state index in [1.807, 2.05) is 6.92 Å². The van der Waals surface area contributed by atoms with E-state index in [-0.39, 0.29) is 5.91 Å². The molecular weight excluding hydrogens is 230 g/mol. The van der Waals surface area contributed by atoms with Gasteiger partial charge < -0.3 is 10.0 Å². The van der Waals surface area contributed by atoms with E-state index in [1.54, 1.807) is 4.90 Å².